The van der Waals surface area contributed by atoms with Gasteiger partial charge in [0, 0.05) is 32.7 Å². The average Bonchev–Trinajstić information content (AvgIpc) is 2.40. The summed E-state index contributed by atoms with van der Waals surface area (Å²) in [7, 11) is -1.79. The Morgan fingerprint density at radius 2 is 2.05 bits per heavy atom. The fraction of sp³-hybridized carbons (Fsp3) is 0.538. The summed E-state index contributed by atoms with van der Waals surface area (Å²) in [6.45, 7) is 1.37. The molecule has 1 aliphatic rings. The van der Waals surface area contributed by atoms with Crippen molar-refractivity contribution in [2.45, 2.75) is 25.4 Å². The lowest BCUT2D eigenvalue weighted by Gasteiger charge is -2.32. The lowest BCUT2D eigenvalue weighted by atomic mass is 10.1. The number of hydrogen-bond donors (Lipinski definition) is 1. The van der Waals surface area contributed by atoms with Crippen LogP contribution in [0.1, 0.15) is 18.4 Å². The van der Waals surface area contributed by atoms with Crippen LogP contribution in [0.5, 0.6) is 0 Å². The number of nitrogens with zero attached hydrogens (tertiary/aromatic N) is 2. The summed E-state index contributed by atoms with van der Waals surface area (Å²) in [4.78, 5) is 0. The fourth-order valence-electron chi connectivity index (χ4n) is 2.30. The second-order valence-corrected chi connectivity index (χ2v) is 7.05. The normalized spacial score (nSPS) is 21.7. The van der Waals surface area contributed by atoms with Crippen LogP contribution in [0.3, 0.4) is 0 Å². The molecule has 1 atom stereocenters. The monoisotopic (exact) mass is 283 g/mol. The zero-order valence-electron chi connectivity index (χ0n) is 11.2. The Bertz CT molecular complexity index is 504. The first-order valence-electron chi connectivity index (χ1n) is 6.51. The summed E-state index contributed by atoms with van der Waals surface area (Å²) in [5.74, 6) is 0. The molecule has 0 spiro atoms. The third-order valence-corrected chi connectivity index (χ3v) is 5.29. The van der Waals surface area contributed by atoms with Crippen molar-refractivity contribution >= 4 is 10.2 Å². The van der Waals surface area contributed by atoms with Gasteiger partial charge in [0.25, 0.3) is 10.2 Å². The molecule has 1 aromatic rings. The minimum Gasteiger partial charge on any atom is -0.327 e. The van der Waals surface area contributed by atoms with Crippen molar-refractivity contribution in [3.63, 3.8) is 0 Å². The maximum Gasteiger partial charge on any atom is 0.282 e. The van der Waals surface area contributed by atoms with Crippen LogP contribution < -0.4 is 5.73 Å². The van der Waals surface area contributed by atoms with Gasteiger partial charge in [0.05, 0.1) is 0 Å². The highest BCUT2D eigenvalue weighted by Gasteiger charge is 2.30. The molecule has 1 unspecified atom stereocenters. The van der Waals surface area contributed by atoms with Crippen molar-refractivity contribution in [1.29, 1.82) is 0 Å². The van der Waals surface area contributed by atoms with Crippen LogP contribution in [0.15, 0.2) is 30.3 Å². The van der Waals surface area contributed by atoms with Gasteiger partial charge in [-0.3, -0.25) is 0 Å². The predicted molar refractivity (Wildman–Crippen MR) is 75.6 cm³/mol. The van der Waals surface area contributed by atoms with Crippen molar-refractivity contribution in [2.75, 3.05) is 20.1 Å². The van der Waals surface area contributed by atoms with Gasteiger partial charge in [-0.25, -0.2) is 0 Å². The number of benzene rings is 1. The van der Waals surface area contributed by atoms with E-state index >= 15 is 0 Å². The van der Waals surface area contributed by atoms with E-state index in [1.165, 1.54) is 8.61 Å². The molecule has 19 heavy (non-hydrogen) atoms. The maximum atomic E-state index is 12.4. The standard InChI is InChI=1S/C13H21N3O2S/c1-15(10-12-6-3-2-4-7-12)19(17,18)16-9-5-8-13(14)11-16/h2-4,6-7,13H,5,8-11,14H2,1H3. The van der Waals surface area contributed by atoms with Gasteiger partial charge in [-0.05, 0) is 18.4 Å². The van der Waals surface area contributed by atoms with E-state index in [1.807, 2.05) is 30.3 Å². The van der Waals surface area contributed by atoms with E-state index in [0.717, 1.165) is 18.4 Å². The van der Waals surface area contributed by atoms with Gasteiger partial charge >= 0.3 is 0 Å². The van der Waals surface area contributed by atoms with Crippen LogP contribution in [-0.2, 0) is 16.8 Å². The third-order valence-electron chi connectivity index (χ3n) is 3.39. The van der Waals surface area contributed by atoms with Crippen molar-refractivity contribution in [1.82, 2.24) is 8.61 Å². The Morgan fingerprint density at radius 3 is 2.68 bits per heavy atom. The second-order valence-electron chi connectivity index (χ2n) is 5.01. The van der Waals surface area contributed by atoms with Crippen molar-refractivity contribution < 1.29 is 8.42 Å². The smallest absolute Gasteiger partial charge is 0.282 e. The average molecular weight is 283 g/mol. The molecule has 1 aromatic carbocycles. The van der Waals surface area contributed by atoms with E-state index in [2.05, 4.69) is 0 Å². The molecular weight excluding hydrogens is 262 g/mol. The number of rotatable bonds is 4. The summed E-state index contributed by atoms with van der Waals surface area (Å²) in [6, 6.07) is 9.54. The molecule has 0 bridgehead atoms. The molecule has 2 N–H and O–H groups in total. The minimum absolute atomic E-state index is 0.0475. The van der Waals surface area contributed by atoms with Crippen LogP contribution in [0, 0.1) is 0 Å². The topological polar surface area (TPSA) is 66.6 Å². The lowest BCUT2D eigenvalue weighted by molar-refractivity contribution is 0.291. The summed E-state index contributed by atoms with van der Waals surface area (Å²) in [6.07, 6.45) is 1.73. The van der Waals surface area contributed by atoms with Crippen molar-refractivity contribution in [3.8, 4) is 0 Å². The second kappa shape index (κ2) is 6.00. The van der Waals surface area contributed by atoms with E-state index in [9.17, 15) is 8.42 Å². The van der Waals surface area contributed by atoms with Crippen LogP contribution >= 0.6 is 0 Å². The van der Waals surface area contributed by atoms with Crippen LogP contribution in [0.4, 0.5) is 0 Å². The summed E-state index contributed by atoms with van der Waals surface area (Å²) in [5.41, 5.74) is 6.83. The Balaban J connectivity index is 2.06. The van der Waals surface area contributed by atoms with Gasteiger partial charge < -0.3 is 5.73 Å². The Hall–Kier alpha value is -0.950. The molecule has 0 radical (unpaired) electrons. The molecule has 0 saturated carbocycles. The maximum absolute atomic E-state index is 12.4. The minimum atomic E-state index is -3.41. The molecule has 106 valence electrons. The molecule has 5 nitrogen and oxygen atoms in total. The third kappa shape index (κ3) is 3.54. The van der Waals surface area contributed by atoms with Gasteiger partial charge in [-0.1, -0.05) is 30.3 Å². The predicted octanol–water partition coefficient (Wildman–Crippen LogP) is 0.786. The molecule has 0 amide bonds. The van der Waals surface area contributed by atoms with E-state index < -0.39 is 10.2 Å². The summed E-state index contributed by atoms with van der Waals surface area (Å²) in [5, 5.41) is 0. The fourth-order valence-corrected chi connectivity index (χ4v) is 3.75. The largest absolute Gasteiger partial charge is 0.327 e. The Kier molecular flexibility index (Phi) is 4.57. The summed E-state index contributed by atoms with van der Waals surface area (Å²) < 4.78 is 27.7. The first-order valence-corrected chi connectivity index (χ1v) is 7.91. The molecular formula is C13H21N3O2S. The summed E-state index contributed by atoms with van der Waals surface area (Å²) >= 11 is 0. The Labute approximate surface area is 115 Å². The highest BCUT2D eigenvalue weighted by Crippen LogP contribution is 2.16. The molecule has 1 heterocycles. The van der Waals surface area contributed by atoms with E-state index in [0.29, 0.717) is 19.6 Å². The van der Waals surface area contributed by atoms with Gasteiger partial charge in [0.1, 0.15) is 0 Å². The van der Waals surface area contributed by atoms with Gasteiger partial charge in [-0.15, -0.1) is 0 Å². The van der Waals surface area contributed by atoms with Gasteiger partial charge in [0.2, 0.25) is 0 Å². The first-order chi connectivity index (χ1) is 9.00. The molecule has 0 aliphatic carbocycles. The van der Waals surface area contributed by atoms with E-state index in [4.69, 9.17) is 5.73 Å². The zero-order valence-corrected chi connectivity index (χ0v) is 12.0. The number of nitrogens with two attached hydrogens (primary N) is 1. The number of hydrogen-bond acceptors (Lipinski definition) is 3. The van der Waals surface area contributed by atoms with Crippen LogP contribution in [-0.4, -0.2) is 43.2 Å². The van der Waals surface area contributed by atoms with Gasteiger partial charge in [0.15, 0.2) is 0 Å². The van der Waals surface area contributed by atoms with E-state index in [-0.39, 0.29) is 6.04 Å². The highest BCUT2D eigenvalue weighted by molar-refractivity contribution is 7.86. The molecule has 1 saturated heterocycles. The molecule has 1 aliphatic heterocycles. The van der Waals surface area contributed by atoms with Crippen LogP contribution in [0.25, 0.3) is 0 Å². The molecule has 6 heteroatoms. The van der Waals surface area contributed by atoms with Crippen molar-refractivity contribution in [2.24, 2.45) is 5.73 Å². The molecule has 0 aromatic heterocycles. The molecule has 2 rings (SSSR count). The van der Waals surface area contributed by atoms with Gasteiger partial charge in [-0.2, -0.15) is 17.0 Å². The Morgan fingerprint density at radius 1 is 1.37 bits per heavy atom. The zero-order chi connectivity index (χ0) is 13.9. The lowest BCUT2D eigenvalue weighted by Crippen LogP contribution is -2.50. The SMILES string of the molecule is CN(Cc1ccccc1)S(=O)(=O)N1CCCC(N)C1. The van der Waals surface area contributed by atoms with Crippen molar-refractivity contribution in [3.05, 3.63) is 35.9 Å². The van der Waals surface area contributed by atoms with E-state index in [1.54, 1.807) is 7.05 Å². The highest BCUT2D eigenvalue weighted by atomic mass is 32.2. The quantitative estimate of drug-likeness (QED) is 0.888. The van der Waals surface area contributed by atoms with Crippen LogP contribution in [0.2, 0.25) is 0 Å². The molecule has 1 fully saturated rings. The first kappa shape index (κ1) is 14.5. The number of piperidine rings is 1.